The second-order valence-corrected chi connectivity index (χ2v) is 6.56. The van der Waals surface area contributed by atoms with Crippen LogP contribution >= 0.6 is 0 Å². The monoisotopic (exact) mass is 318 g/mol. The van der Waals surface area contributed by atoms with Crippen LogP contribution in [0, 0.1) is 17.2 Å². The number of carbonyl (C=O) groups excluding carboxylic acids is 1. The fourth-order valence-electron chi connectivity index (χ4n) is 3.48. The van der Waals surface area contributed by atoms with Gasteiger partial charge in [0.15, 0.2) is 5.78 Å². The first-order valence-electron chi connectivity index (χ1n) is 8.76. The Labute approximate surface area is 143 Å². The number of nitrogens with zero attached hydrogens (tertiary/aromatic N) is 2. The lowest BCUT2D eigenvalue weighted by Gasteiger charge is -2.20. The quantitative estimate of drug-likeness (QED) is 0.715. The number of benzene rings is 1. The molecule has 1 aromatic carbocycles. The van der Waals surface area contributed by atoms with Crippen LogP contribution in [0.2, 0.25) is 0 Å². The van der Waals surface area contributed by atoms with Gasteiger partial charge < -0.3 is 0 Å². The summed E-state index contributed by atoms with van der Waals surface area (Å²) in [5.41, 5.74) is 2.81. The predicted octanol–water partition coefficient (Wildman–Crippen LogP) is 5.16. The predicted molar refractivity (Wildman–Crippen MR) is 94.5 cm³/mol. The van der Waals surface area contributed by atoms with E-state index < -0.39 is 0 Å². The molecule has 0 atom stereocenters. The van der Waals surface area contributed by atoms with E-state index in [0.29, 0.717) is 17.5 Å². The van der Waals surface area contributed by atoms with E-state index in [1.54, 1.807) is 12.3 Å². The van der Waals surface area contributed by atoms with Gasteiger partial charge in [-0.25, -0.2) is 0 Å². The lowest BCUT2D eigenvalue weighted by molar-refractivity contribution is 0.0970. The van der Waals surface area contributed by atoms with Crippen molar-refractivity contribution in [1.82, 2.24) is 4.98 Å². The van der Waals surface area contributed by atoms with Gasteiger partial charge in [0.2, 0.25) is 0 Å². The number of Topliss-reactive ketones (excluding diaryl/α,β-unsaturated/α-hetero) is 1. The summed E-state index contributed by atoms with van der Waals surface area (Å²) in [4.78, 5) is 16.8. The smallest absolute Gasteiger partial charge is 0.164 e. The van der Waals surface area contributed by atoms with Gasteiger partial charge in [0, 0.05) is 23.7 Å². The zero-order valence-corrected chi connectivity index (χ0v) is 13.9. The fraction of sp³-hybridized carbons (Fsp3) is 0.381. The summed E-state index contributed by atoms with van der Waals surface area (Å²) in [6.45, 7) is 0. The molecular formula is C21H22N2O. The first kappa shape index (κ1) is 16.4. The van der Waals surface area contributed by atoms with E-state index in [0.717, 1.165) is 23.6 Å². The van der Waals surface area contributed by atoms with Gasteiger partial charge in [0.25, 0.3) is 0 Å². The molecule has 0 unspecified atom stereocenters. The van der Waals surface area contributed by atoms with Crippen molar-refractivity contribution in [3.63, 3.8) is 0 Å². The normalized spacial score (nSPS) is 15.0. The van der Waals surface area contributed by atoms with E-state index in [1.807, 2.05) is 30.3 Å². The second kappa shape index (κ2) is 7.88. The number of hydrogen-bond donors (Lipinski definition) is 0. The Balaban J connectivity index is 1.65. The fourth-order valence-corrected chi connectivity index (χ4v) is 3.48. The number of carbonyl (C=O) groups is 1. The molecule has 0 amide bonds. The molecule has 0 spiro atoms. The molecule has 1 fully saturated rings. The van der Waals surface area contributed by atoms with Gasteiger partial charge in [0.1, 0.15) is 0 Å². The molecule has 0 radical (unpaired) electrons. The minimum absolute atomic E-state index is 0.174. The van der Waals surface area contributed by atoms with Crippen LogP contribution in [0.15, 0.2) is 42.6 Å². The maximum absolute atomic E-state index is 12.4. The maximum atomic E-state index is 12.4. The summed E-state index contributed by atoms with van der Waals surface area (Å²) in [7, 11) is 0. The third-order valence-corrected chi connectivity index (χ3v) is 4.91. The number of pyridine rings is 1. The number of ketones is 1. The van der Waals surface area contributed by atoms with Gasteiger partial charge in [-0.05, 0) is 30.5 Å². The molecule has 1 aliphatic carbocycles. The van der Waals surface area contributed by atoms with Crippen LogP contribution in [0.1, 0.15) is 60.9 Å². The average Bonchev–Trinajstić information content (AvgIpc) is 2.67. The molecule has 0 bridgehead atoms. The molecule has 1 aliphatic rings. The Morgan fingerprint density at radius 2 is 1.92 bits per heavy atom. The molecular weight excluding hydrogens is 296 g/mol. The van der Waals surface area contributed by atoms with Crippen LogP contribution in [0.5, 0.6) is 0 Å². The van der Waals surface area contributed by atoms with Gasteiger partial charge in [-0.2, -0.15) is 5.26 Å². The Bertz CT molecular complexity index is 737. The van der Waals surface area contributed by atoms with Crippen molar-refractivity contribution in [2.24, 2.45) is 5.92 Å². The molecule has 0 N–H and O–H groups in total. The van der Waals surface area contributed by atoms with E-state index >= 15 is 0 Å². The Morgan fingerprint density at radius 3 is 2.62 bits per heavy atom. The topological polar surface area (TPSA) is 53.8 Å². The van der Waals surface area contributed by atoms with Crippen LogP contribution < -0.4 is 0 Å². The summed E-state index contributed by atoms with van der Waals surface area (Å²) in [6.07, 6.45) is 9.77. The minimum atomic E-state index is 0.174. The molecule has 3 rings (SSSR count). The largest absolute Gasteiger partial charge is 0.294 e. The van der Waals surface area contributed by atoms with Crippen LogP contribution in [0.4, 0.5) is 0 Å². The molecule has 3 nitrogen and oxygen atoms in total. The summed E-state index contributed by atoms with van der Waals surface area (Å²) in [6, 6.07) is 13.2. The summed E-state index contributed by atoms with van der Waals surface area (Å²) in [5, 5.41) is 9.18. The lowest BCUT2D eigenvalue weighted by atomic mass is 9.85. The van der Waals surface area contributed by atoms with Crippen molar-refractivity contribution < 1.29 is 4.79 Å². The molecule has 1 aromatic heterocycles. The molecule has 2 aromatic rings. The number of aromatic nitrogens is 1. The zero-order valence-electron chi connectivity index (χ0n) is 13.9. The van der Waals surface area contributed by atoms with E-state index in [4.69, 9.17) is 0 Å². The zero-order chi connectivity index (χ0) is 16.8. The van der Waals surface area contributed by atoms with E-state index in [1.165, 1.54) is 32.1 Å². The summed E-state index contributed by atoms with van der Waals surface area (Å²) in [5.74, 6) is 0.894. The first-order valence-corrected chi connectivity index (χ1v) is 8.76. The number of nitriles is 1. The van der Waals surface area contributed by atoms with Gasteiger partial charge in [-0.1, -0.05) is 50.3 Å². The lowest BCUT2D eigenvalue weighted by Crippen LogP contribution is -2.09. The van der Waals surface area contributed by atoms with Gasteiger partial charge in [0.05, 0.1) is 17.3 Å². The van der Waals surface area contributed by atoms with Crippen LogP contribution in [0.3, 0.4) is 0 Å². The Hall–Kier alpha value is -2.47. The van der Waals surface area contributed by atoms with Crippen molar-refractivity contribution in [2.45, 2.75) is 44.9 Å². The van der Waals surface area contributed by atoms with Crippen LogP contribution in [0.25, 0.3) is 11.3 Å². The molecule has 0 saturated heterocycles. The van der Waals surface area contributed by atoms with Crippen molar-refractivity contribution in [2.75, 3.05) is 0 Å². The second-order valence-electron chi connectivity index (χ2n) is 6.56. The van der Waals surface area contributed by atoms with E-state index in [-0.39, 0.29) is 5.78 Å². The molecule has 0 aliphatic heterocycles. The third kappa shape index (κ3) is 3.89. The first-order chi connectivity index (χ1) is 11.8. The number of hydrogen-bond acceptors (Lipinski definition) is 3. The van der Waals surface area contributed by atoms with Gasteiger partial charge in [-0.15, -0.1) is 0 Å². The highest BCUT2D eigenvalue weighted by molar-refractivity contribution is 5.96. The molecule has 24 heavy (non-hydrogen) atoms. The van der Waals surface area contributed by atoms with Crippen LogP contribution in [-0.4, -0.2) is 10.8 Å². The molecule has 1 heterocycles. The summed E-state index contributed by atoms with van der Waals surface area (Å²) < 4.78 is 0. The highest BCUT2D eigenvalue weighted by Gasteiger charge is 2.16. The maximum Gasteiger partial charge on any atom is 0.164 e. The van der Waals surface area contributed by atoms with E-state index in [9.17, 15) is 10.1 Å². The third-order valence-electron chi connectivity index (χ3n) is 4.91. The van der Waals surface area contributed by atoms with Crippen molar-refractivity contribution in [3.05, 3.63) is 53.7 Å². The summed E-state index contributed by atoms with van der Waals surface area (Å²) >= 11 is 0. The Kier molecular flexibility index (Phi) is 5.38. The highest BCUT2D eigenvalue weighted by atomic mass is 16.1. The average molecular weight is 318 g/mol. The van der Waals surface area contributed by atoms with Gasteiger partial charge in [-0.3, -0.25) is 9.78 Å². The van der Waals surface area contributed by atoms with E-state index in [2.05, 4.69) is 11.1 Å². The molecule has 3 heteroatoms. The van der Waals surface area contributed by atoms with Crippen LogP contribution in [-0.2, 0) is 0 Å². The molecule has 1 saturated carbocycles. The van der Waals surface area contributed by atoms with Crippen molar-refractivity contribution in [1.29, 1.82) is 5.26 Å². The Morgan fingerprint density at radius 1 is 1.12 bits per heavy atom. The van der Waals surface area contributed by atoms with Crippen molar-refractivity contribution in [3.8, 4) is 17.3 Å². The van der Waals surface area contributed by atoms with Gasteiger partial charge >= 0.3 is 0 Å². The molecule has 122 valence electrons. The SMILES string of the molecule is N#Cc1ccccc1-c1ccc(C(=O)CCC2CCCCC2)cn1. The highest BCUT2D eigenvalue weighted by Crippen LogP contribution is 2.28. The number of rotatable bonds is 5. The minimum Gasteiger partial charge on any atom is -0.294 e. The standard InChI is InChI=1S/C21H22N2O/c22-14-17-8-4-5-9-19(17)20-12-11-18(15-23-20)21(24)13-10-16-6-2-1-3-7-16/h4-5,8-9,11-12,15-16H,1-3,6-7,10,13H2. The van der Waals surface area contributed by atoms with Crippen molar-refractivity contribution >= 4 is 5.78 Å².